The highest BCUT2D eigenvalue weighted by Gasteiger charge is 2.19. The Morgan fingerprint density at radius 1 is 1.62 bits per heavy atom. The number of hydrogen-bond acceptors (Lipinski definition) is 3. The smallest absolute Gasteiger partial charge is 0.0198 e. The Kier molecular flexibility index (Phi) is 4.70. The van der Waals surface area contributed by atoms with Gasteiger partial charge in [-0.25, -0.2) is 0 Å². The Balaban J connectivity index is 2.25. The molecule has 2 unspecified atom stereocenters. The van der Waals surface area contributed by atoms with Gasteiger partial charge in [-0.1, -0.05) is 6.92 Å². The quantitative estimate of drug-likeness (QED) is 0.666. The largest absolute Gasteiger partial charge is 0.329 e. The lowest BCUT2D eigenvalue weighted by atomic mass is 10.0. The molecule has 13 heavy (non-hydrogen) atoms. The average Bonchev–Trinajstić information content (AvgIpc) is 2.18. The van der Waals surface area contributed by atoms with E-state index in [0.717, 1.165) is 6.54 Å². The minimum atomic E-state index is 0.460. The zero-order chi connectivity index (χ0) is 9.68. The van der Waals surface area contributed by atoms with E-state index in [1.807, 2.05) is 0 Å². The van der Waals surface area contributed by atoms with Gasteiger partial charge in [-0.3, -0.25) is 0 Å². The second-order valence-electron chi connectivity index (χ2n) is 4.04. The first kappa shape index (κ1) is 11.0. The summed E-state index contributed by atoms with van der Waals surface area (Å²) in [6, 6.07) is 1.12. The molecule has 0 spiro atoms. The van der Waals surface area contributed by atoms with Crippen molar-refractivity contribution in [3.05, 3.63) is 0 Å². The van der Waals surface area contributed by atoms with Gasteiger partial charge in [0.05, 0.1) is 0 Å². The highest BCUT2D eigenvalue weighted by molar-refractivity contribution is 4.79. The summed E-state index contributed by atoms with van der Waals surface area (Å²) in [5.74, 6) is 0. The first-order valence-electron chi connectivity index (χ1n) is 5.44. The van der Waals surface area contributed by atoms with E-state index in [1.165, 1.54) is 32.5 Å². The van der Waals surface area contributed by atoms with Crippen LogP contribution in [0.5, 0.6) is 0 Å². The zero-order valence-electron chi connectivity index (χ0n) is 8.92. The van der Waals surface area contributed by atoms with Gasteiger partial charge in [-0.2, -0.15) is 0 Å². The Morgan fingerprint density at radius 3 is 3.00 bits per heavy atom. The second kappa shape index (κ2) is 5.58. The van der Waals surface area contributed by atoms with Crippen LogP contribution in [0.1, 0.15) is 26.7 Å². The summed E-state index contributed by atoms with van der Waals surface area (Å²) in [7, 11) is 0. The number of nitrogens with zero attached hydrogens (tertiary/aromatic N) is 1. The third-order valence-corrected chi connectivity index (χ3v) is 2.83. The molecule has 0 bridgehead atoms. The van der Waals surface area contributed by atoms with Crippen LogP contribution in [0.25, 0.3) is 0 Å². The van der Waals surface area contributed by atoms with Crippen molar-refractivity contribution in [3.8, 4) is 0 Å². The Labute approximate surface area is 81.7 Å². The normalized spacial score (nSPS) is 27.5. The van der Waals surface area contributed by atoms with Crippen LogP contribution < -0.4 is 11.1 Å². The molecule has 1 aliphatic rings. The fourth-order valence-electron chi connectivity index (χ4n) is 1.95. The molecule has 1 rings (SSSR count). The molecule has 0 aliphatic carbocycles. The molecule has 1 aliphatic heterocycles. The SMILES string of the molecule is CCN1CCCC(NC(C)CN)C1. The molecule has 0 aromatic rings. The van der Waals surface area contributed by atoms with Crippen LogP contribution in [0.4, 0.5) is 0 Å². The third-order valence-electron chi connectivity index (χ3n) is 2.83. The van der Waals surface area contributed by atoms with E-state index in [4.69, 9.17) is 5.73 Å². The van der Waals surface area contributed by atoms with Crippen LogP contribution in [0.2, 0.25) is 0 Å². The average molecular weight is 185 g/mol. The van der Waals surface area contributed by atoms with Crippen LogP contribution in [0.15, 0.2) is 0 Å². The molecule has 1 saturated heterocycles. The molecule has 0 aromatic carbocycles. The maximum absolute atomic E-state index is 5.58. The lowest BCUT2D eigenvalue weighted by Gasteiger charge is -2.33. The van der Waals surface area contributed by atoms with Gasteiger partial charge in [0.25, 0.3) is 0 Å². The first-order valence-corrected chi connectivity index (χ1v) is 5.44. The summed E-state index contributed by atoms with van der Waals surface area (Å²) in [5.41, 5.74) is 5.58. The topological polar surface area (TPSA) is 41.3 Å². The van der Waals surface area contributed by atoms with Gasteiger partial charge < -0.3 is 16.0 Å². The molecule has 3 nitrogen and oxygen atoms in total. The van der Waals surface area contributed by atoms with E-state index in [-0.39, 0.29) is 0 Å². The van der Waals surface area contributed by atoms with Crippen LogP contribution in [0, 0.1) is 0 Å². The summed E-state index contributed by atoms with van der Waals surface area (Å²) >= 11 is 0. The molecule has 0 amide bonds. The Morgan fingerprint density at radius 2 is 2.38 bits per heavy atom. The molecule has 78 valence electrons. The van der Waals surface area contributed by atoms with Gasteiger partial charge in [0.1, 0.15) is 0 Å². The van der Waals surface area contributed by atoms with E-state index in [9.17, 15) is 0 Å². The van der Waals surface area contributed by atoms with E-state index in [2.05, 4.69) is 24.1 Å². The van der Waals surface area contributed by atoms with Crippen molar-refractivity contribution in [2.75, 3.05) is 26.2 Å². The number of piperidine rings is 1. The number of hydrogen-bond donors (Lipinski definition) is 2. The summed E-state index contributed by atoms with van der Waals surface area (Å²) < 4.78 is 0. The Hall–Kier alpha value is -0.120. The van der Waals surface area contributed by atoms with Crippen LogP contribution in [0.3, 0.4) is 0 Å². The Bertz CT molecular complexity index is 136. The zero-order valence-corrected chi connectivity index (χ0v) is 8.92. The van der Waals surface area contributed by atoms with Gasteiger partial charge in [0.15, 0.2) is 0 Å². The molecule has 2 atom stereocenters. The first-order chi connectivity index (χ1) is 6.26. The molecule has 0 aromatic heterocycles. The van der Waals surface area contributed by atoms with Gasteiger partial charge in [0.2, 0.25) is 0 Å². The van der Waals surface area contributed by atoms with Crippen molar-refractivity contribution < 1.29 is 0 Å². The molecule has 0 radical (unpaired) electrons. The molecule has 3 N–H and O–H groups in total. The maximum atomic E-state index is 5.58. The van der Waals surface area contributed by atoms with Crippen molar-refractivity contribution in [2.24, 2.45) is 5.73 Å². The number of likely N-dealkylation sites (N-methyl/N-ethyl adjacent to an activating group) is 1. The van der Waals surface area contributed by atoms with E-state index < -0.39 is 0 Å². The van der Waals surface area contributed by atoms with Gasteiger partial charge in [-0.05, 0) is 32.9 Å². The van der Waals surface area contributed by atoms with Gasteiger partial charge in [-0.15, -0.1) is 0 Å². The van der Waals surface area contributed by atoms with Crippen molar-refractivity contribution in [2.45, 2.75) is 38.8 Å². The lowest BCUT2D eigenvalue weighted by Crippen LogP contribution is -2.49. The fraction of sp³-hybridized carbons (Fsp3) is 1.00. The lowest BCUT2D eigenvalue weighted by molar-refractivity contribution is 0.192. The summed E-state index contributed by atoms with van der Waals surface area (Å²) in [4.78, 5) is 2.50. The number of nitrogens with one attached hydrogen (secondary N) is 1. The minimum absolute atomic E-state index is 0.460. The van der Waals surface area contributed by atoms with Crippen molar-refractivity contribution in [3.63, 3.8) is 0 Å². The van der Waals surface area contributed by atoms with Crippen molar-refractivity contribution in [1.82, 2.24) is 10.2 Å². The monoisotopic (exact) mass is 185 g/mol. The van der Waals surface area contributed by atoms with E-state index >= 15 is 0 Å². The molecule has 1 heterocycles. The second-order valence-corrected chi connectivity index (χ2v) is 4.04. The number of likely N-dealkylation sites (tertiary alicyclic amines) is 1. The standard InChI is InChI=1S/C10H23N3/c1-3-13-6-4-5-10(8-13)12-9(2)7-11/h9-10,12H,3-8,11H2,1-2H3. The van der Waals surface area contributed by atoms with E-state index in [0.29, 0.717) is 12.1 Å². The van der Waals surface area contributed by atoms with Crippen LogP contribution in [-0.2, 0) is 0 Å². The maximum Gasteiger partial charge on any atom is 0.0198 e. The van der Waals surface area contributed by atoms with E-state index in [1.54, 1.807) is 0 Å². The highest BCUT2D eigenvalue weighted by Crippen LogP contribution is 2.09. The fourth-order valence-corrected chi connectivity index (χ4v) is 1.95. The minimum Gasteiger partial charge on any atom is -0.329 e. The predicted octanol–water partition coefficient (Wildman–Crippen LogP) is 0.408. The van der Waals surface area contributed by atoms with Crippen LogP contribution >= 0.6 is 0 Å². The van der Waals surface area contributed by atoms with Crippen LogP contribution in [-0.4, -0.2) is 43.2 Å². The van der Waals surface area contributed by atoms with Crippen molar-refractivity contribution in [1.29, 1.82) is 0 Å². The molecular formula is C10H23N3. The molecule has 0 saturated carbocycles. The van der Waals surface area contributed by atoms with Gasteiger partial charge >= 0.3 is 0 Å². The summed E-state index contributed by atoms with van der Waals surface area (Å²) in [6.07, 6.45) is 2.63. The summed E-state index contributed by atoms with van der Waals surface area (Å²) in [5, 5.41) is 3.57. The summed E-state index contributed by atoms with van der Waals surface area (Å²) in [6.45, 7) is 8.77. The molecular weight excluding hydrogens is 162 g/mol. The molecule has 1 fully saturated rings. The van der Waals surface area contributed by atoms with Crippen molar-refractivity contribution >= 4 is 0 Å². The highest BCUT2D eigenvalue weighted by atomic mass is 15.2. The molecule has 3 heteroatoms. The van der Waals surface area contributed by atoms with Gasteiger partial charge in [0, 0.05) is 25.2 Å². The third kappa shape index (κ3) is 3.63. The number of nitrogens with two attached hydrogens (primary N) is 1. The number of rotatable bonds is 4. The predicted molar refractivity (Wildman–Crippen MR) is 56.8 cm³/mol.